The monoisotopic (exact) mass is 390 g/mol. The molecule has 4 nitrogen and oxygen atoms in total. The molecule has 1 aliphatic rings. The van der Waals surface area contributed by atoms with Gasteiger partial charge in [0.15, 0.2) is 0 Å². The van der Waals surface area contributed by atoms with Crippen LogP contribution in [0.15, 0.2) is 40.8 Å². The molecule has 1 saturated heterocycles. The maximum Gasteiger partial charge on any atom is 0.129 e. The third-order valence-electron chi connectivity index (χ3n) is 5.23. The molecule has 0 N–H and O–H groups in total. The van der Waals surface area contributed by atoms with E-state index in [1.807, 2.05) is 18.2 Å². The molecule has 5 heteroatoms. The summed E-state index contributed by atoms with van der Waals surface area (Å²) < 4.78 is 10.9. The molecule has 2 heterocycles. The van der Waals surface area contributed by atoms with Crippen LogP contribution in [0.3, 0.4) is 0 Å². The summed E-state index contributed by atoms with van der Waals surface area (Å²) in [5, 5.41) is 0.811. The van der Waals surface area contributed by atoms with E-state index in [1.165, 1.54) is 31.5 Å². The minimum Gasteiger partial charge on any atom is -0.462 e. The van der Waals surface area contributed by atoms with Crippen LogP contribution >= 0.6 is 11.6 Å². The third-order valence-corrected chi connectivity index (χ3v) is 5.48. The average molecular weight is 391 g/mol. The largest absolute Gasteiger partial charge is 0.462 e. The summed E-state index contributed by atoms with van der Waals surface area (Å²) in [7, 11) is 3.88. The molecule has 27 heavy (non-hydrogen) atoms. The number of methoxy groups -OCH3 is 1. The Morgan fingerprint density at radius 3 is 2.74 bits per heavy atom. The SMILES string of the molecule is COCc1ccc(CN(C)C[C@@H]2CCCN(CCc3ccc(Cl)cc3)C2)o1. The van der Waals surface area contributed by atoms with Crippen molar-refractivity contribution in [3.63, 3.8) is 0 Å². The Labute approximate surface area is 168 Å². The van der Waals surface area contributed by atoms with E-state index < -0.39 is 0 Å². The first-order valence-corrected chi connectivity index (χ1v) is 10.2. The van der Waals surface area contributed by atoms with Gasteiger partial charge in [-0.05, 0) is 68.6 Å². The maximum absolute atomic E-state index is 5.98. The van der Waals surface area contributed by atoms with E-state index in [-0.39, 0.29) is 0 Å². The van der Waals surface area contributed by atoms with E-state index in [0.717, 1.165) is 48.5 Å². The summed E-state index contributed by atoms with van der Waals surface area (Å²) in [5.74, 6) is 2.63. The van der Waals surface area contributed by atoms with Gasteiger partial charge in [0.25, 0.3) is 0 Å². The number of nitrogens with zero attached hydrogens (tertiary/aromatic N) is 2. The molecule has 0 aliphatic carbocycles. The lowest BCUT2D eigenvalue weighted by atomic mass is 9.97. The minimum atomic E-state index is 0.537. The second-order valence-electron chi connectivity index (χ2n) is 7.68. The summed E-state index contributed by atoms with van der Waals surface area (Å²) in [6.45, 7) is 6.02. The molecule has 1 aromatic carbocycles. The highest BCUT2D eigenvalue weighted by molar-refractivity contribution is 6.30. The molecule has 148 valence electrons. The number of hydrogen-bond donors (Lipinski definition) is 0. The van der Waals surface area contributed by atoms with Gasteiger partial charge in [-0.2, -0.15) is 0 Å². The standard InChI is InChI=1S/C22H31ClN2O2/c1-24(16-21-9-10-22(27-21)17-26-2)14-19-4-3-12-25(15-19)13-11-18-5-7-20(23)8-6-18/h5-10,19H,3-4,11-17H2,1-2H3/t19-/m0/s1. The average Bonchev–Trinajstić information content (AvgIpc) is 3.08. The highest BCUT2D eigenvalue weighted by Crippen LogP contribution is 2.19. The van der Waals surface area contributed by atoms with Crippen molar-refractivity contribution in [2.75, 3.05) is 40.3 Å². The molecule has 2 aromatic rings. The van der Waals surface area contributed by atoms with Gasteiger partial charge in [0.2, 0.25) is 0 Å². The molecule has 1 fully saturated rings. The van der Waals surface area contributed by atoms with Gasteiger partial charge in [-0.3, -0.25) is 4.90 Å². The van der Waals surface area contributed by atoms with Gasteiger partial charge in [0.05, 0.1) is 6.54 Å². The number of hydrogen-bond acceptors (Lipinski definition) is 4. The molecular weight excluding hydrogens is 360 g/mol. The quantitative estimate of drug-likeness (QED) is 0.631. The zero-order valence-corrected chi connectivity index (χ0v) is 17.3. The molecule has 0 unspecified atom stereocenters. The van der Waals surface area contributed by atoms with E-state index in [0.29, 0.717) is 6.61 Å². The van der Waals surface area contributed by atoms with Gasteiger partial charge in [0.1, 0.15) is 18.1 Å². The van der Waals surface area contributed by atoms with Gasteiger partial charge >= 0.3 is 0 Å². The van der Waals surface area contributed by atoms with Crippen molar-refractivity contribution in [1.29, 1.82) is 0 Å². The Hall–Kier alpha value is -1.33. The second kappa shape index (κ2) is 10.3. The second-order valence-corrected chi connectivity index (χ2v) is 8.12. The lowest BCUT2D eigenvalue weighted by Crippen LogP contribution is -2.40. The van der Waals surface area contributed by atoms with Gasteiger partial charge < -0.3 is 14.1 Å². The minimum absolute atomic E-state index is 0.537. The number of furan rings is 1. The smallest absolute Gasteiger partial charge is 0.129 e. The fourth-order valence-electron chi connectivity index (χ4n) is 3.94. The molecule has 0 amide bonds. The molecule has 0 bridgehead atoms. The third kappa shape index (κ3) is 6.65. The van der Waals surface area contributed by atoms with Gasteiger partial charge in [-0.1, -0.05) is 23.7 Å². The zero-order valence-electron chi connectivity index (χ0n) is 16.5. The summed E-state index contributed by atoms with van der Waals surface area (Å²) in [6.07, 6.45) is 3.70. The number of halogens is 1. The molecule has 0 radical (unpaired) electrons. The molecule has 1 aromatic heterocycles. The summed E-state index contributed by atoms with van der Waals surface area (Å²) in [6, 6.07) is 12.3. The first kappa shape index (κ1) is 20.4. The number of rotatable bonds is 9. The first-order valence-electron chi connectivity index (χ1n) is 9.84. The van der Waals surface area contributed by atoms with Crippen LogP contribution in [0.4, 0.5) is 0 Å². The van der Waals surface area contributed by atoms with Crippen molar-refractivity contribution < 1.29 is 9.15 Å². The van der Waals surface area contributed by atoms with Crippen molar-refractivity contribution in [2.45, 2.75) is 32.4 Å². The highest BCUT2D eigenvalue weighted by atomic mass is 35.5. The van der Waals surface area contributed by atoms with Gasteiger partial charge in [-0.15, -0.1) is 0 Å². The number of likely N-dealkylation sites (tertiary alicyclic amines) is 1. The van der Waals surface area contributed by atoms with E-state index in [9.17, 15) is 0 Å². The molecule has 0 spiro atoms. The van der Waals surface area contributed by atoms with Crippen LogP contribution in [0.25, 0.3) is 0 Å². The van der Waals surface area contributed by atoms with Crippen molar-refractivity contribution in [2.24, 2.45) is 5.92 Å². The van der Waals surface area contributed by atoms with E-state index in [1.54, 1.807) is 7.11 Å². The normalized spacial score (nSPS) is 18.3. The Balaban J connectivity index is 1.42. The fourth-order valence-corrected chi connectivity index (χ4v) is 4.07. The van der Waals surface area contributed by atoms with Crippen LogP contribution in [-0.4, -0.2) is 50.1 Å². The van der Waals surface area contributed by atoms with Crippen LogP contribution in [-0.2, 0) is 24.3 Å². The summed E-state index contributed by atoms with van der Waals surface area (Å²) in [4.78, 5) is 4.99. The predicted molar refractivity (Wildman–Crippen MR) is 110 cm³/mol. The Morgan fingerprint density at radius 2 is 1.96 bits per heavy atom. The van der Waals surface area contributed by atoms with Crippen molar-refractivity contribution in [3.05, 3.63) is 58.5 Å². The lowest BCUT2D eigenvalue weighted by molar-refractivity contribution is 0.136. The van der Waals surface area contributed by atoms with Gasteiger partial charge in [0, 0.05) is 31.8 Å². The zero-order chi connectivity index (χ0) is 19.1. The maximum atomic E-state index is 5.98. The first-order chi connectivity index (χ1) is 13.1. The molecule has 0 saturated carbocycles. The number of benzene rings is 1. The van der Waals surface area contributed by atoms with E-state index in [2.05, 4.69) is 35.0 Å². The summed E-state index contributed by atoms with van der Waals surface area (Å²) >= 11 is 5.98. The number of ether oxygens (including phenoxy) is 1. The van der Waals surface area contributed by atoms with Crippen molar-refractivity contribution in [3.8, 4) is 0 Å². The predicted octanol–water partition coefficient (Wildman–Crippen LogP) is 4.47. The van der Waals surface area contributed by atoms with Gasteiger partial charge in [-0.25, -0.2) is 0 Å². The lowest BCUT2D eigenvalue weighted by Gasteiger charge is -2.34. The van der Waals surface area contributed by atoms with Crippen LogP contribution in [0.1, 0.15) is 29.9 Å². The van der Waals surface area contributed by atoms with Crippen molar-refractivity contribution >= 4 is 11.6 Å². The summed E-state index contributed by atoms with van der Waals surface area (Å²) in [5.41, 5.74) is 1.36. The van der Waals surface area contributed by atoms with E-state index in [4.69, 9.17) is 20.8 Å². The Morgan fingerprint density at radius 1 is 1.19 bits per heavy atom. The van der Waals surface area contributed by atoms with Crippen LogP contribution in [0.5, 0.6) is 0 Å². The van der Waals surface area contributed by atoms with Crippen LogP contribution in [0, 0.1) is 5.92 Å². The Kier molecular flexibility index (Phi) is 7.77. The van der Waals surface area contributed by atoms with Crippen molar-refractivity contribution in [1.82, 2.24) is 9.80 Å². The van der Waals surface area contributed by atoms with Crippen LogP contribution in [0.2, 0.25) is 5.02 Å². The number of piperidine rings is 1. The van der Waals surface area contributed by atoms with E-state index >= 15 is 0 Å². The molecular formula is C22H31ClN2O2. The molecule has 1 aliphatic heterocycles. The van der Waals surface area contributed by atoms with Crippen LogP contribution < -0.4 is 0 Å². The topological polar surface area (TPSA) is 28.9 Å². The highest BCUT2D eigenvalue weighted by Gasteiger charge is 2.21. The fraction of sp³-hybridized carbons (Fsp3) is 0.545. The Bertz CT molecular complexity index is 686. The molecule has 3 rings (SSSR count). The molecule has 1 atom stereocenters.